The van der Waals surface area contributed by atoms with E-state index in [9.17, 15) is 4.79 Å². The average molecular weight is 349 g/mol. The molecule has 0 saturated carbocycles. The Morgan fingerprint density at radius 3 is 2.94 bits per heavy atom. The summed E-state index contributed by atoms with van der Waals surface area (Å²) in [4.78, 5) is 17.7. The highest BCUT2D eigenvalue weighted by atomic mass is 79.9. The van der Waals surface area contributed by atoms with Crippen LogP contribution in [0, 0.1) is 5.92 Å². The number of nitrogens with two attached hydrogens (primary N) is 1. The first-order valence-electron chi connectivity index (χ1n) is 4.93. The molecule has 0 bridgehead atoms. The molecule has 1 aliphatic heterocycles. The fourth-order valence-corrected chi connectivity index (χ4v) is 2.52. The molecule has 1 unspecified atom stereocenters. The average Bonchev–Trinajstić information content (AvgIpc) is 2.63. The zero-order chi connectivity index (χ0) is 11.7. The lowest BCUT2D eigenvalue weighted by Gasteiger charge is -2.17. The standard InChI is InChI=1S/C10H11Br2N3O/c11-7-2-8(10(12)14-4-7)15-5-6(3-13)1-9(15)16/h2,4,6H,1,3,5,13H2. The lowest BCUT2D eigenvalue weighted by atomic mass is 10.1. The molecule has 0 radical (unpaired) electrons. The van der Waals surface area contributed by atoms with E-state index in [2.05, 4.69) is 36.8 Å². The van der Waals surface area contributed by atoms with E-state index in [0.717, 1.165) is 10.2 Å². The predicted octanol–water partition coefficient (Wildman–Crippen LogP) is 1.92. The predicted molar refractivity (Wildman–Crippen MR) is 69.2 cm³/mol. The molecule has 86 valence electrons. The Hall–Kier alpha value is -0.460. The summed E-state index contributed by atoms with van der Waals surface area (Å²) in [7, 11) is 0. The van der Waals surface area contributed by atoms with Gasteiger partial charge in [0.25, 0.3) is 0 Å². The maximum Gasteiger partial charge on any atom is 0.227 e. The molecule has 2 rings (SSSR count). The van der Waals surface area contributed by atoms with Crippen molar-refractivity contribution in [2.45, 2.75) is 6.42 Å². The Labute approximate surface area is 110 Å². The second-order valence-electron chi connectivity index (χ2n) is 3.77. The van der Waals surface area contributed by atoms with Crippen LogP contribution in [0.1, 0.15) is 6.42 Å². The molecule has 4 nitrogen and oxygen atoms in total. The Bertz CT molecular complexity index is 425. The molecule has 1 atom stereocenters. The summed E-state index contributed by atoms with van der Waals surface area (Å²) in [5, 5.41) is 0. The topological polar surface area (TPSA) is 59.2 Å². The van der Waals surface area contributed by atoms with Gasteiger partial charge >= 0.3 is 0 Å². The molecular formula is C10H11Br2N3O. The van der Waals surface area contributed by atoms with Crippen molar-refractivity contribution in [1.82, 2.24) is 4.98 Å². The molecule has 2 heterocycles. The lowest BCUT2D eigenvalue weighted by molar-refractivity contribution is -0.117. The van der Waals surface area contributed by atoms with Gasteiger partial charge in [-0.15, -0.1) is 0 Å². The molecule has 1 amide bonds. The van der Waals surface area contributed by atoms with E-state index in [0.29, 0.717) is 24.1 Å². The summed E-state index contributed by atoms with van der Waals surface area (Å²) in [6, 6.07) is 1.88. The minimum absolute atomic E-state index is 0.107. The van der Waals surface area contributed by atoms with Crippen LogP contribution in [0.2, 0.25) is 0 Å². The van der Waals surface area contributed by atoms with E-state index in [-0.39, 0.29) is 11.8 Å². The van der Waals surface area contributed by atoms with Gasteiger partial charge in [-0.05, 0) is 50.4 Å². The van der Waals surface area contributed by atoms with Gasteiger partial charge in [0.05, 0.1) is 5.69 Å². The second kappa shape index (κ2) is 4.81. The summed E-state index contributed by atoms with van der Waals surface area (Å²) in [6.45, 7) is 1.22. The normalized spacial score (nSPS) is 20.6. The molecule has 0 spiro atoms. The highest BCUT2D eigenvalue weighted by Gasteiger charge is 2.31. The third-order valence-electron chi connectivity index (χ3n) is 2.62. The van der Waals surface area contributed by atoms with Crippen LogP contribution in [-0.4, -0.2) is 24.0 Å². The van der Waals surface area contributed by atoms with Gasteiger partial charge in [0.1, 0.15) is 4.60 Å². The molecule has 1 aromatic rings. The van der Waals surface area contributed by atoms with Crippen LogP contribution in [0.3, 0.4) is 0 Å². The first-order chi connectivity index (χ1) is 7.61. The molecule has 6 heteroatoms. The minimum Gasteiger partial charge on any atom is -0.330 e. The minimum atomic E-state index is 0.107. The second-order valence-corrected chi connectivity index (χ2v) is 5.44. The fourth-order valence-electron chi connectivity index (χ4n) is 1.77. The fraction of sp³-hybridized carbons (Fsp3) is 0.400. The highest BCUT2D eigenvalue weighted by Crippen LogP contribution is 2.31. The molecule has 16 heavy (non-hydrogen) atoms. The number of anilines is 1. The molecule has 2 N–H and O–H groups in total. The van der Waals surface area contributed by atoms with E-state index in [1.165, 1.54) is 0 Å². The van der Waals surface area contributed by atoms with Crippen LogP contribution in [-0.2, 0) is 4.79 Å². The summed E-state index contributed by atoms with van der Waals surface area (Å²) >= 11 is 6.70. The third kappa shape index (κ3) is 2.28. The van der Waals surface area contributed by atoms with Crippen molar-refractivity contribution in [3.05, 3.63) is 21.3 Å². The van der Waals surface area contributed by atoms with Crippen LogP contribution in [0.4, 0.5) is 5.69 Å². The number of carbonyl (C=O) groups is 1. The highest BCUT2D eigenvalue weighted by molar-refractivity contribution is 9.11. The number of rotatable bonds is 2. The largest absolute Gasteiger partial charge is 0.330 e. The SMILES string of the molecule is NCC1CC(=O)N(c2cc(Br)cnc2Br)C1. The lowest BCUT2D eigenvalue weighted by Crippen LogP contribution is -2.26. The van der Waals surface area contributed by atoms with Gasteiger partial charge in [-0.2, -0.15) is 0 Å². The monoisotopic (exact) mass is 347 g/mol. The first-order valence-corrected chi connectivity index (χ1v) is 6.52. The van der Waals surface area contributed by atoms with Crippen LogP contribution in [0.5, 0.6) is 0 Å². The third-order valence-corrected chi connectivity index (χ3v) is 3.66. The smallest absolute Gasteiger partial charge is 0.227 e. The zero-order valence-electron chi connectivity index (χ0n) is 8.49. The molecular weight excluding hydrogens is 338 g/mol. The van der Waals surface area contributed by atoms with Gasteiger partial charge in [0.15, 0.2) is 0 Å². The molecule has 1 aliphatic rings. The number of carbonyl (C=O) groups excluding carboxylic acids is 1. The van der Waals surface area contributed by atoms with Crippen molar-refractivity contribution in [1.29, 1.82) is 0 Å². The summed E-state index contributed by atoms with van der Waals surface area (Å²) in [5.41, 5.74) is 6.39. The number of pyridine rings is 1. The number of halogens is 2. The van der Waals surface area contributed by atoms with Crippen molar-refractivity contribution in [3.8, 4) is 0 Å². The Morgan fingerprint density at radius 2 is 2.31 bits per heavy atom. The van der Waals surface area contributed by atoms with Gasteiger partial charge in [0, 0.05) is 23.6 Å². The number of nitrogens with zero attached hydrogens (tertiary/aromatic N) is 2. The molecule has 0 aromatic carbocycles. The van der Waals surface area contributed by atoms with Crippen LogP contribution < -0.4 is 10.6 Å². The number of hydrogen-bond acceptors (Lipinski definition) is 3. The molecule has 1 aromatic heterocycles. The van der Waals surface area contributed by atoms with Gasteiger partial charge in [-0.3, -0.25) is 4.79 Å². The Balaban J connectivity index is 2.30. The summed E-state index contributed by atoms with van der Waals surface area (Å²) < 4.78 is 1.54. The zero-order valence-corrected chi connectivity index (χ0v) is 11.7. The van der Waals surface area contributed by atoms with Crippen LogP contribution >= 0.6 is 31.9 Å². The summed E-state index contributed by atoms with van der Waals surface area (Å²) in [5.74, 6) is 0.356. The number of hydrogen-bond donors (Lipinski definition) is 1. The van der Waals surface area contributed by atoms with Crippen molar-refractivity contribution < 1.29 is 4.79 Å². The van der Waals surface area contributed by atoms with Crippen molar-refractivity contribution in [2.75, 3.05) is 18.0 Å². The Morgan fingerprint density at radius 1 is 1.56 bits per heavy atom. The van der Waals surface area contributed by atoms with E-state index < -0.39 is 0 Å². The molecule has 1 fully saturated rings. The van der Waals surface area contributed by atoms with E-state index in [1.807, 2.05) is 6.07 Å². The maximum atomic E-state index is 11.8. The van der Waals surface area contributed by atoms with Crippen LogP contribution in [0.15, 0.2) is 21.3 Å². The van der Waals surface area contributed by atoms with Crippen molar-refractivity contribution in [3.63, 3.8) is 0 Å². The van der Waals surface area contributed by atoms with E-state index >= 15 is 0 Å². The number of amides is 1. The quantitative estimate of drug-likeness (QED) is 0.830. The summed E-state index contributed by atoms with van der Waals surface area (Å²) in [6.07, 6.45) is 2.21. The van der Waals surface area contributed by atoms with Gasteiger partial charge in [-0.25, -0.2) is 4.98 Å². The van der Waals surface area contributed by atoms with E-state index in [4.69, 9.17) is 5.73 Å². The van der Waals surface area contributed by atoms with Gasteiger partial charge in [-0.1, -0.05) is 0 Å². The molecule has 0 aliphatic carbocycles. The maximum absolute atomic E-state index is 11.8. The molecule has 1 saturated heterocycles. The number of aromatic nitrogens is 1. The van der Waals surface area contributed by atoms with Gasteiger partial charge in [0.2, 0.25) is 5.91 Å². The van der Waals surface area contributed by atoms with Crippen molar-refractivity contribution >= 4 is 43.5 Å². The first kappa shape index (κ1) is 12.0. The van der Waals surface area contributed by atoms with E-state index in [1.54, 1.807) is 11.1 Å². The van der Waals surface area contributed by atoms with Crippen molar-refractivity contribution in [2.24, 2.45) is 11.7 Å². The Kier molecular flexibility index (Phi) is 3.61. The van der Waals surface area contributed by atoms with Gasteiger partial charge < -0.3 is 10.6 Å². The van der Waals surface area contributed by atoms with Crippen LogP contribution in [0.25, 0.3) is 0 Å².